The predicted octanol–water partition coefficient (Wildman–Crippen LogP) is 5.19. The van der Waals surface area contributed by atoms with Crippen LogP contribution in [0, 0.1) is 5.92 Å². The van der Waals surface area contributed by atoms with Gasteiger partial charge in [-0.15, -0.1) is 0 Å². The van der Waals surface area contributed by atoms with Gasteiger partial charge in [0.05, 0.1) is 5.02 Å². The van der Waals surface area contributed by atoms with Crippen LogP contribution < -0.4 is 0 Å². The molecule has 0 radical (unpaired) electrons. The smallest absolute Gasteiger partial charge is 0.165 e. The van der Waals surface area contributed by atoms with E-state index in [-0.39, 0.29) is 5.78 Å². The minimum atomic E-state index is 0.142. The van der Waals surface area contributed by atoms with Crippen LogP contribution >= 0.6 is 27.5 Å². The third-order valence-corrected chi connectivity index (χ3v) is 5.21. The quantitative estimate of drug-likeness (QED) is 0.663. The van der Waals surface area contributed by atoms with Gasteiger partial charge in [0.25, 0.3) is 0 Å². The van der Waals surface area contributed by atoms with E-state index in [1.807, 2.05) is 12.1 Å². The van der Waals surface area contributed by atoms with Crippen LogP contribution in [0.2, 0.25) is 5.02 Å². The molecule has 4 heteroatoms. The third-order valence-electron chi connectivity index (χ3n) is 4.40. The van der Waals surface area contributed by atoms with Gasteiger partial charge in [-0.05, 0) is 56.5 Å². The van der Waals surface area contributed by atoms with E-state index in [2.05, 4.69) is 27.8 Å². The monoisotopic (exact) mass is 371 g/mol. The highest BCUT2D eigenvalue weighted by molar-refractivity contribution is 9.10. The Balaban J connectivity index is 1.86. The van der Waals surface area contributed by atoms with E-state index >= 15 is 0 Å². The van der Waals surface area contributed by atoms with Crippen LogP contribution in [0.1, 0.15) is 49.4 Å². The average molecular weight is 373 g/mol. The Morgan fingerprint density at radius 1 is 1.38 bits per heavy atom. The van der Waals surface area contributed by atoms with Crippen molar-refractivity contribution in [3.8, 4) is 0 Å². The van der Waals surface area contributed by atoms with Crippen molar-refractivity contribution in [1.82, 2.24) is 4.90 Å². The molecule has 0 bridgehead atoms. The molecule has 1 aromatic rings. The molecule has 0 aromatic heterocycles. The summed E-state index contributed by atoms with van der Waals surface area (Å²) in [7, 11) is 0. The van der Waals surface area contributed by atoms with Crippen LogP contribution in [0.25, 0.3) is 0 Å². The molecule has 21 heavy (non-hydrogen) atoms. The molecule has 1 aliphatic heterocycles. The molecule has 1 fully saturated rings. The third kappa shape index (κ3) is 5.08. The molecule has 1 heterocycles. The number of carbonyl (C=O) groups is 1. The van der Waals surface area contributed by atoms with Gasteiger partial charge in [-0.25, -0.2) is 0 Å². The molecule has 1 unspecified atom stereocenters. The minimum Gasteiger partial charge on any atom is -0.303 e. The van der Waals surface area contributed by atoms with Gasteiger partial charge < -0.3 is 4.90 Å². The standard InChI is InChI=1S/C17H23BrClNO/c1-2-13-4-3-9-20(10-7-13)11-8-17(21)15-6-5-14(18)12-16(15)19/h5-6,12-13H,2-4,7-11H2,1H3. The first kappa shape index (κ1) is 17.0. The highest BCUT2D eigenvalue weighted by Gasteiger charge is 2.17. The Bertz CT molecular complexity index is 492. The van der Waals surface area contributed by atoms with Crippen LogP contribution in [-0.4, -0.2) is 30.3 Å². The molecule has 0 saturated carbocycles. The molecule has 0 aliphatic carbocycles. The lowest BCUT2D eigenvalue weighted by Crippen LogP contribution is -2.27. The van der Waals surface area contributed by atoms with Crippen LogP contribution in [0.5, 0.6) is 0 Å². The first-order valence-electron chi connectivity index (χ1n) is 7.80. The van der Waals surface area contributed by atoms with Gasteiger partial charge in [-0.1, -0.05) is 40.9 Å². The second-order valence-corrected chi connectivity index (χ2v) is 7.17. The van der Waals surface area contributed by atoms with Crippen molar-refractivity contribution in [3.63, 3.8) is 0 Å². The molecular weight excluding hydrogens is 350 g/mol. The number of likely N-dealkylation sites (tertiary alicyclic amines) is 1. The number of hydrogen-bond donors (Lipinski definition) is 0. The van der Waals surface area contributed by atoms with Crippen LogP contribution in [-0.2, 0) is 0 Å². The Labute approximate surface area is 141 Å². The Morgan fingerprint density at radius 2 is 2.19 bits per heavy atom. The maximum atomic E-state index is 12.3. The number of rotatable bonds is 5. The van der Waals surface area contributed by atoms with Crippen LogP contribution in [0.4, 0.5) is 0 Å². The summed E-state index contributed by atoms with van der Waals surface area (Å²) in [4.78, 5) is 14.7. The van der Waals surface area contributed by atoms with E-state index in [4.69, 9.17) is 11.6 Å². The normalized spacial score (nSPS) is 20.2. The summed E-state index contributed by atoms with van der Waals surface area (Å²) in [6.07, 6.45) is 5.69. The number of nitrogens with zero attached hydrogens (tertiary/aromatic N) is 1. The largest absolute Gasteiger partial charge is 0.303 e. The fourth-order valence-corrected chi connectivity index (χ4v) is 3.75. The van der Waals surface area contributed by atoms with Crippen molar-refractivity contribution in [2.45, 2.75) is 39.0 Å². The van der Waals surface area contributed by atoms with Crippen LogP contribution in [0.3, 0.4) is 0 Å². The summed E-state index contributed by atoms with van der Waals surface area (Å²) in [6, 6.07) is 5.47. The van der Waals surface area contributed by atoms with Gasteiger partial charge in [0, 0.05) is 23.0 Å². The van der Waals surface area contributed by atoms with Gasteiger partial charge in [-0.3, -0.25) is 4.79 Å². The Morgan fingerprint density at radius 3 is 2.90 bits per heavy atom. The summed E-state index contributed by atoms with van der Waals surface area (Å²) >= 11 is 9.51. The number of carbonyl (C=O) groups excluding carboxylic acids is 1. The van der Waals surface area contributed by atoms with Gasteiger partial charge in [0.2, 0.25) is 0 Å². The molecule has 1 atom stereocenters. The van der Waals surface area contributed by atoms with Crippen molar-refractivity contribution in [3.05, 3.63) is 33.3 Å². The van der Waals surface area contributed by atoms with Gasteiger partial charge in [0.15, 0.2) is 5.78 Å². The number of halogens is 2. The lowest BCUT2D eigenvalue weighted by atomic mass is 9.98. The lowest BCUT2D eigenvalue weighted by Gasteiger charge is -2.19. The first-order chi connectivity index (χ1) is 10.1. The number of Topliss-reactive ketones (excluding diaryl/α,β-unsaturated/α-hetero) is 1. The summed E-state index contributed by atoms with van der Waals surface area (Å²) < 4.78 is 0.905. The summed E-state index contributed by atoms with van der Waals surface area (Å²) in [5.41, 5.74) is 0.640. The SMILES string of the molecule is CCC1CCCN(CCC(=O)c2ccc(Br)cc2Cl)CC1. The molecule has 0 amide bonds. The highest BCUT2D eigenvalue weighted by atomic mass is 79.9. The second-order valence-electron chi connectivity index (χ2n) is 5.84. The molecule has 2 nitrogen and oxygen atoms in total. The zero-order valence-electron chi connectivity index (χ0n) is 12.6. The predicted molar refractivity (Wildman–Crippen MR) is 92.2 cm³/mol. The van der Waals surface area contributed by atoms with Gasteiger partial charge >= 0.3 is 0 Å². The lowest BCUT2D eigenvalue weighted by molar-refractivity contribution is 0.0965. The molecule has 0 N–H and O–H groups in total. The maximum Gasteiger partial charge on any atom is 0.165 e. The number of benzene rings is 1. The van der Waals surface area contributed by atoms with Gasteiger partial charge in [0.1, 0.15) is 0 Å². The van der Waals surface area contributed by atoms with E-state index in [1.54, 1.807) is 6.07 Å². The minimum absolute atomic E-state index is 0.142. The summed E-state index contributed by atoms with van der Waals surface area (Å²) in [6.45, 7) is 5.37. The first-order valence-corrected chi connectivity index (χ1v) is 8.98. The molecule has 1 saturated heterocycles. The zero-order valence-corrected chi connectivity index (χ0v) is 14.9. The fraction of sp³-hybridized carbons (Fsp3) is 0.588. The molecule has 1 aliphatic rings. The summed E-state index contributed by atoms with van der Waals surface area (Å²) in [5, 5.41) is 0.538. The van der Waals surface area contributed by atoms with Crippen LogP contribution in [0.15, 0.2) is 22.7 Å². The average Bonchev–Trinajstić information content (AvgIpc) is 2.69. The van der Waals surface area contributed by atoms with Crippen molar-refractivity contribution in [2.24, 2.45) is 5.92 Å². The Kier molecular flexibility index (Phi) is 6.72. The second kappa shape index (κ2) is 8.30. The van der Waals surface area contributed by atoms with E-state index in [0.29, 0.717) is 17.0 Å². The fourth-order valence-electron chi connectivity index (χ4n) is 2.97. The van der Waals surface area contributed by atoms with E-state index in [9.17, 15) is 4.79 Å². The Hall–Kier alpha value is -0.380. The number of hydrogen-bond acceptors (Lipinski definition) is 2. The maximum absolute atomic E-state index is 12.3. The van der Waals surface area contributed by atoms with Crippen molar-refractivity contribution < 1.29 is 4.79 Å². The summed E-state index contributed by atoms with van der Waals surface area (Å²) in [5.74, 6) is 1.01. The van der Waals surface area contributed by atoms with Crippen molar-refractivity contribution in [1.29, 1.82) is 0 Å². The molecule has 1 aromatic carbocycles. The van der Waals surface area contributed by atoms with Gasteiger partial charge in [-0.2, -0.15) is 0 Å². The topological polar surface area (TPSA) is 20.3 Å². The van der Waals surface area contributed by atoms with Crippen molar-refractivity contribution in [2.75, 3.05) is 19.6 Å². The zero-order chi connectivity index (χ0) is 15.2. The number of ketones is 1. The van der Waals surface area contributed by atoms with Crippen molar-refractivity contribution >= 4 is 33.3 Å². The van der Waals surface area contributed by atoms with E-state index < -0.39 is 0 Å². The highest BCUT2D eigenvalue weighted by Crippen LogP contribution is 2.23. The van der Waals surface area contributed by atoms with E-state index in [1.165, 1.54) is 25.7 Å². The molecule has 116 valence electrons. The molecule has 2 rings (SSSR count). The van der Waals surface area contributed by atoms with E-state index in [0.717, 1.165) is 30.0 Å². The molecular formula is C17H23BrClNO. The molecule has 0 spiro atoms.